The van der Waals surface area contributed by atoms with Crippen LogP contribution in [0.5, 0.6) is 0 Å². The lowest BCUT2D eigenvalue weighted by molar-refractivity contribution is -0.303. The van der Waals surface area contributed by atoms with Crippen molar-refractivity contribution in [3.63, 3.8) is 0 Å². The van der Waals surface area contributed by atoms with E-state index in [9.17, 15) is 24.9 Å². The highest BCUT2D eigenvalue weighted by molar-refractivity contribution is 5.99. The Morgan fingerprint density at radius 3 is 2.46 bits per heavy atom. The van der Waals surface area contributed by atoms with Gasteiger partial charge in [-0.2, -0.15) is 0 Å². The normalized spacial score (nSPS) is 40.1. The summed E-state index contributed by atoms with van der Waals surface area (Å²) in [5, 5.41) is 38.6. The Bertz CT molecular complexity index is 568. The van der Waals surface area contributed by atoms with Gasteiger partial charge in [-0.05, 0) is 25.8 Å². The van der Waals surface area contributed by atoms with E-state index in [0.29, 0.717) is 17.6 Å². The van der Waals surface area contributed by atoms with Crippen molar-refractivity contribution in [3.8, 4) is 0 Å². The Morgan fingerprint density at radius 1 is 1.29 bits per heavy atom. The molecule has 24 heavy (non-hydrogen) atoms. The molecule has 1 heterocycles. The third-order valence-electron chi connectivity index (χ3n) is 4.42. The zero-order valence-corrected chi connectivity index (χ0v) is 13.5. The molecule has 0 aromatic carbocycles. The number of hydrogen-bond donors (Lipinski definition) is 4. The lowest BCUT2D eigenvalue weighted by atomic mass is 9.82. The van der Waals surface area contributed by atoms with Gasteiger partial charge in [0.25, 0.3) is 0 Å². The molecule has 7 atom stereocenters. The Labute approximate surface area is 139 Å². The lowest BCUT2D eigenvalue weighted by Crippen LogP contribution is -2.61. The molecule has 134 valence electrons. The van der Waals surface area contributed by atoms with Crippen molar-refractivity contribution in [3.05, 3.63) is 23.8 Å². The highest BCUT2D eigenvalue weighted by Gasteiger charge is 2.49. The maximum atomic E-state index is 12.4. The van der Waals surface area contributed by atoms with Crippen molar-refractivity contribution in [2.75, 3.05) is 0 Å². The predicted molar refractivity (Wildman–Crippen MR) is 80.9 cm³/mol. The van der Waals surface area contributed by atoms with Gasteiger partial charge < -0.3 is 29.9 Å². The van der Waals surface area contributed by atoms with E-state index in [1.54, 1.807) is 19.9 Å². The van der Waals surface area contributed by atoms with Crippen molar-refractivity contribution in [2.45, 2.75) is 57.1 Å². The molecular formula is C16H22O8. The van der Waals surface area contributed by atoms with Gasteiger partial charge in [-0.3, -0.25) is 4.79 Å². The molecule has 1 aliphatic carbocycles. The summed E-state index contributed by atoms with van der Waals surface area (Å²) in [4.78, 5) is 23.5. The van der Waals surface area contributed by atoms with E-state index in [0.717, 1.165) is 0 Å². The summed E-state index contributed by atoms with van der Waals surface area (Å²) in [5.41, 5.74) is 1.18. The first-order chi connectivity index (χ1) is 11.1. The van der Waals surface area contributed by atoms with Crippen LogP contribution in [0.1, 0.15) is 20.3 Å². The van der Waals surface area contributed by atoms with Crippen LogP contribution in [0.4, 0.5) is 0 Å². The number of carboxylic acid groups (broad SMARTS) is 1. The summed E-state index contributed by atoms with van der Waals surface area (Å²) >= 11 is 0. The van der Waals surface area contributed by atoms with Crippen LogP contribution in [-0.4, -0.2) is 69.0 Å². The van der Waals surface area contributed by atoms with Gasteiger partial charge in [0.2, 0.25) is 0 Å². The second-order valence-corrected chi connectivity index (χ2v) is 6.23. The molecule has 8 nitrogen and oxygen atoms in total. The lowest BCUT2D eigenvalue weighted by Gasteiger charge is -2.41. The van der Waals surface area contributed by atoms with Crippen molar-refractivity contribution in [1.29, 1.82) is 0 Å². The van der Waals surface area contributed by atoms with Gasteiger partial charge >= 0.3 is 5.97 Å². The van der Waals surface area contributed by atoms with Crippen LogP contribution >= 0.6 is 0 Å². The van der Waals surface area contributed by atoms with Crippen molar-refractivity contribution < 1.29 is 39.5 Å². The zero-order chi connectivity index (χ0) is 18.2. The molecule has 0 aromatic heterocycles. The van der Waals surface area contributed by atoms with Crippen LogP contribution in [0.2, 0.25) is 0 Å². The average Bonchev–Trinajstić information content (AvgIpc) is 2.51. The Hall–Kier alpha value is -1.58. The highest BCUT2D eigenvalue weighted by Crippen LogP contribution is 2.32. The predicted octanol–water partition coefficient (Wildman–Crippen LogP) is -0.625. The van der Waals surface area contributed by atoms with Crippen molar-refractivity contribution >= 4 is 11.8 Å². The number of ether oxygens (including phenoxy) is 2. The summed E-state index contributed by atoms with van der Waals surface area (Å²) in [6.45, 7) is 7.19. The van der Waals surface area contributed by atoms with E-state index in [2.05, 4.69) is 6.58 Å². The Morgan fingerprint density at radius 2 is 1.92 bits per heavy atom. The first-order valence-electron chi connectivity index (χ1n) is 7.59. The van der Waals surface area contributed by atoms with Crippen molar-refractivity contribution in [1.82, 2.24) is 0 Å². The fourth-order valence-corrected chi connectivity index (χ4v) is 2.86. The van der Waals surface area contributed by atoms with Crippen LogP contribution in [0.3, 0.4) is 0 Å². The summed E-state index contributed by atoms with van der Waals surface area (Å²) in [5.74, 6) is -2.19. The number of ketones is 1. The number of aliphatic hydroxyl groups is 3. The number of carbonyl (C=O) groups is 2. The van der Waals surface area contributed by atoms with E-state index < -0.39 is 42.8 Å². The van der Waals surface area contributed by atoms with E-state index in [1.807, 2.05) is 0 Å². The van der Waals surface area contributed by atoms with Gasteiger partial charge in [-0.1, -0.05) is 18.2 Å². The molecule has 1 aliphatic heterocycles. The summed E-state index contributed by atoms with van der Waals surface area (Å²) in [7, 11) is 0. The number of rotatable bonds is 4. The molecule has 0 radical (unpaired) electrons. The molecule has 8 heteroatoms. The molecule has 0 spiro atoms. The monoisotopic (exact) mass is 342 g/mol. The highest BCUT2D eigenvalue weighted by atomic mass is 16.7. The summed E-state index contributed by atoms with van der Waals surface area (Å²) < 4.78 is 10.6. The molecule has 2 rings (SSSR count). The third kappa shape index (κ3) is 3.42. The molecular weight excluding hydrogens is 320 g/mol. The standard InChI is InChI=1S/C16H22O8/c1-6(2)8-5-4-7(3)9(17)13(8)23-16-12(20)10(18)11(19)14(24-16)15(21)22/h4,8,10-14,16,18-20H,1,5H2,2-3H3,(H,21,22)/t8?,10-,11-,12+,13?,14-,16?/m0/s1. The topological polar surface area (TPSA) is 134 Å². The largest absolute Gasteiger partial charge is 0.479 e. The van der Waals surface area contributed by atoms with E-state index in [1.165, 1.54) is 0 Å². The van der Waals surface area contributed by atoms with Gasteiger partial charge in [0.05, 0.1) is 0 Å². The van der Waals surface area contributed by atoms with Gasteiger partial charge in [0.1, 0.15) is 24.4 Å². The van der Waals surface area contributed by atoms with Crippen LogP contribution in [0.15, 0.2) is 23.8 Å². The number of carbonyl (C=O) groups excluding carboxylic acids is 1. The first-order valence-corrected chi connectivity index (χ1v) is 7.59. The number of aliphatic carboxylic acids is 1. The van der Waals surface area contributed by atoms with Gasteiger partial charge in [0.15, 0.2) is 18.2 Å². The minimum Gasteiger partial charge on any atom is -0.479 e. The molecule has 4 N–H and O–H groups in total. The van der Waals surface area contributed by atoms with Crippen LogP contribution < -0.4 is 0 Å². The number of carboxylic acids is 1. The molecule has 2 aliphatic rings. The zero-order valence-electron chi connectivity index (χ0n) is 13.5. The van der Waals surface area contributed by atoms with Gasteiger partial charge in [-0.25, -0.2) is 4.79 Å². The molecule has 3 unspecified atom stereocenters. The van der Waals surface area contributed by atoms with Crippen LogP contribution in [0.25, 0.3) is 0 Å². The number of aliphatic hydroxyl groups excluding tert-OH is 3. The fraction of sp³-hybridized carbons (Fsp3) is 0.625. The van der Waals surface area contributed by atoms with E-state index in [-0.39, 0.29) is 11.7 Å². The second kappa shape index (κ2) is 7.12. The second-order valence-electron chi connectivity index (χ2n) is 6.23. The van der Waals surface area contributed by atoms with E-state index >= 15 is 0 Å². The Kier molecular flexibility index (Phi) is 5.56. The number of hydrogen-bond acceptors (Lipinski definition) is 7. The van der Waals surface area contributed by atoms with Crippen molar-refractivity contribution in [2.24, 2.45) is 5.92 Å². The fourth-order valence-electron chi connectivity index (χ4n) is 2.86. The molecule has 0 aromatic rings. The molecule has 1 saturated heterocycles. The van der Waals surface area contributed by atoms with Gasteiger partial charge in [-0.15, -0.1) is 0 Å². The molecule has 0 amide bonds. The average molecular weight is 342 g/mol. The summed E-state index contributed by atoms with van der Waals surface area (Å²) in [6.07, 6.45) is -7.35. The first kappa shape index (κ1) is 18.8. The maximum absolute atomic E-state index is 12.4. The minimum atomic E-state index is -1.81. The maximum Gasteiger partial charge on any atom is 0.335 e. The number of allylic oxidation sites excluding steroid dienone is 1. The minimum absolute atomic E-state index is 0.322. The molecule has 0 saturated carbocycles. The van der Waals surface area contributed by atoms with Gasteiger partial charge in [0, 0.05) is 5.92 Å². The quantitative estimate of drug-likeness (QED) is 0.497. The Balaban J connectivity index is 2.23. The SMILES string of the molecule is C=C(C)C1CC=C(C)C(=O)C1OC1O[C@H](C(=O)O)[C@@H](O)[C@H](O)[C@H]1O. The van der Waals surface area contributed by atoms with Crippen LogP contribution in [-0.2, 0) is 19.1 Å². The van der Waals surface area contributed by atoms with Crippen LogP contribution in [0, 0.1) is 5.92 Å². The molecule has 1 fully saturated rings. The number of Topliss-reactive ketones (excluding diaryl/α,β-unsaturated/α-hetero) is 1. The van der Waals surface area contributed by atoms with E-state index in [4.69, 9.17) is 14.6 Å². The third-order valence-corrected chi connectivity index (χ3v) is 4.42. The molecule has 0 bridgehead atoms. The summed E-state index contributed by atoms with van der Waals surface area (Å²) in [6, 6.07) is 0. The smallest absolute Gasteiger partial charge is 0.335 e.